The lowest BCUT2D eigenvalue weighted by Crippen LogP contribution is -2.50. The molecule has 0 aromatic heterocycles. The highest BCUT2D eigenvalue weighted by atomic mass is 28.4. The highest BCUT2D eigenvalue weighted by Crippen LogP contribution is 2.41. The van der Waals surface area contributed by atoms with Crippen LogP contribution in [0.1, 0.15) is 64.2 Å². The highest BCUT2D eigenvalue weighted by molar-refractivity contribution is 6.69. The molecule has 4 aliphatic rings. The van der Waals surface area contributed by atoms with Gasteiger partial charge in [0.2, 0.25) is 5.91 Å². The number of amides is 1. The minimum absolute atomic E-state index is 0.211. The Hall–Kier alpha value is -0.433. The number of carbonyl (C=O) groups excluding carboxylic acids is 1. The van der Waals surface area contributed by atoms with Crippen molar-refractivity contribution >= 4 is 14.2 Å². The van der Waals surface area contributed by atoms with E-state index in [0.717, 1.165) is 68.9 Å². The first kappa shape index (κ1) is 22.7. The number of piperidine rings is 1. The van der Waals surface area contributed by atoms with E-state index in [1.165, 1.54) is 51.4 Å². The van der Waals surface area contributed by atoms with Gasteiger partial charge in [-0.3, -0.25) is 4.79 Å². The summed E-state index contributed by atoms with van der Waals surface area (Å²) in [6.45, 7) is 7.99. The second kappa shape index (κ2) is 9.59. The fourth-order valence-electron chi connectivity index (χ4n) is 7.23. The fourth-order valence-corrected chi connectivity index (χ4v) is 8.62. The number of hydrogen-bond donors (Lipinski definition) is 2. The van der Waals surface area contributed by atoms with Gasteiger partial charge in [-0.25, -0.2) is 0 Å². The average molecular weight is 436 g/mol. The highest BCUT2D eigenvalue weighted by Gasteiger charge is 2.43. The van der Waals surface area contributed by atoms with Crippen LogP contribution in [-0.4, -0.2) is 67.2 Å². The third kappa shape index (κ3) is 5.30. The van der Waals surface area contributed by atoms with Crippen LogP contribution in [0.15, 0.2) is 0 Å². The van der Waals surface area contributed by atoms with Gasteiger partial charge in [-0.15, -0.1) is 0 Å². The Bertz CT molecular complexity index is 587. The summed E-state index contributed by atoms with van der Waals surface area (Å²) in [4.78, 5) is 28.5. The summed E-state index contributed by atoms with van der Waals surface area (Å²) in [7, 11) is -2.09. The molecule has 5 unspecified atom stereocenters. The van der Waals surface area contributed by atoms with Crippen LogP contribution >= 0.6 is 0 Å². The smallest absolute Gasteiger partial charge is 0.225 e. The van der Waals surface area contributed by atoms with Crippen LogP contribution in [0.4, 0.5) is 0 Å². The first-order chi connectivity index (χ1) is 14.3. The second-order valence-electron chi connectivity index (χ2n) is 11.6. The van der Waals surface area contributed by atoms with Gasteiger partial charge in [0.25, 0.3) is 0 Å². The molecule has 2 saturated heterocycles. The maximum absolute atomic E-state index is 13.4. The predicted molar refractivity (Wildman–Crippen MR) is 124 cm³/mol. The zero-order chi connectivity index (χ0) is 21.3. The van der Waals surface area contributed by atoms with Crippen molar-refractivity contribution in [3.8, 4) is 0 Å². The van der Waals surface area contributed by atoms with E-state index in [-0.39, 0.29) is 5.92 Å². The summed E-state index contributed by atoms with van der Waals surface area (Å²) in [6, 6.07) is 0.527. The van der Waals surface area contributed by atoms with Gasteiger partial charge in [0.05, 0.1) is 0 Å². The predicted octanol–water partition coefficient (Wildman–Crippen LogP) is 3.22. The van der Waals surface area contributed by atoms with Crippen LogP contribution in [0.25, 0.3) is 0 Å². The number of fused-ring (bicyclic) bond motifs is 1. The molecular weight excluding hydrogens is 390 g/mol. The quantitative estimate of drug-likeness (QED) is 0.651. The molecule has 2 saturated carbocycles. The molecule has 3 N–H and O–H groups in total. The largest absolute Gasteiger partial charge is 0.431 e. The normalized spacial score (nSPS) is 36.7. The van der Waals surface area contributed by atoms with Crippen molar-refractivity contribution < 1.29 is 9.59 Å². The molecule has 2 aliphatic carbocycles. The molecule has 4 rings (SSSR count). The minimum Gasteiger partial charge on any atom is -0.431 e. The SMILES string of the molecule is C[Si](C)(O)CN1CCC2CCC(C(=O)N3CCC(C4CCCC(CN)C4)CC3)CC21. The molecule has 0 aromatic carbocycles. The Morgan fingerprint density at radius 1 is 0.933 bits per heavy atom. The molecule has 0 bridgehead atoms. The van der Waals surface area contributed by atoms with Crippen molar-refractivity contribution in [2.45, 2.75) is 83.3 Å². The molecule has 30 heavy (non-hydrogen) atoms. The van der Waals surface area contributed by atoms with Crippen molar-refractivity contribution in [3.05, 3.63) is 0 Å². The van der Waals surface area contributed by atoms with E-state index >= 15 is 0 Å². The maximum atomic E-state index is 13.4. The van der Waals surface area contributed by atoms with Gasteiger partial charge in [-0.2, -0.15) is 0 Å². The van der Waals surface area contributed by atoms with Crippen molar-refractivity contribution in [2.24, 2.45) is 35.3 Å². The topological polar surface area (TPSA) is 69.8 Å². The molecule has 0 aromatic rings. The lowest BCUT2D eigenvalue weighted by Gasteiger charge is -2.42. The lowest BCUT2D eigenvalue weighted by molar-refractivity contribution is -0.139. The molecule has 2 aliphatic heterocycles. The maximum Gasteiger partial charge on any atom is 0.225 e. The van der Waals surface area contributed by atoms with Crippen molar-refractivity contribution in [1.82, 2.24) is 9.80 Å². The second-order valence-corrected chi connectivity index (χ2v) is 15.5. The Kier molecular flexibility index (Phi) is 7.28. The standard InChI is InChI=1S/C24H45N3O2Si/c1-30(2,29)17-27-13-10-20-6-7-22(15-23(20)27)24(28)26-11-8-19(9-12-26)21-5-3-4-18(14-21)16-25/h18-23,29H,3-17,25H2,1-2H3. The summed E-state index contributed by atoms with van der Waals surface area (Å²) in [5.74, 6) is 3.78. The van der Waals surface area contributed by atoms with Crippen LogP contribution < -0.4 is 5.73 Å². The molecule has 172 valence electrons. The molecule has 0 spiro atoms. The monoisotopic (exact) mass is 435 g/mol. The van der Waals surface area contributed by atoms with E-state index in [1.807, 2.05) is 13.1 Å². The number of rotatable bonds is 5. The van der Waals surface area contributed by atoms with Crippen molar-refractivity contribution in [2.75, 3.05) is 32.3 Å². The van der Waals surface area contributed by atoms with Gasteiger partial charge in [0, 0.05) is 31.2 Å². The number of nitrogens with two attached hydrogens (primary N) is 1. The average Bonchev–Trinajstić information content (AvgIpc) is 3.14. The van der Waals surface area contributed by atoms with Gasteiger partial charge >= 0.3 is 0 Å². The fraction of sp³-hybridized carbons (Fsp3) is 0.958. The van der Waals surface area contributed by atoms with E-state index in [2.05, 4.69) is 9.80 Å². The van der Waals surface area contributed by atoms with Gasteiger partial charge in [0.1, 0.15) is 0 Å². The summed E-state index contributed by atoms with van der Waals surface area (Å²) < 4.78 is 0. The Balaban J connectivity index is 1.28. The molecule has 2 heterocycles. The summed E-state index contributed by atoms with van der Waals surface area (Å²) in [5.41, 5.74) is 5.95. The number of hydrogen-bond acceptors (Lipinski definition) is 4. The van der Waals surface area contributed by atoms with Crippen LogP contribution in [0.5, 0.6) is 0 Å². The van der Waals surface area contributed by atoms with Crippen LogP contribution in [0.3, 0.4) is 0 Å². The first-order valence-corrected chi connectivity index (χ1v) is 15.9. The Labute approximate surface area is 184 Å². The van der Waals surface area contributed by atoms with Gasteiger partial charge < -0.3 is 20.3 Å². The van der Waals surface area contributed by atoms with E-state index in [4.69, 9.17) is 5.73 Å². The van der Waals surface area contributed by atoms with Crippen molar-refractivity contribution in [3.63, 3.8) is 0 Å². The third-order valence-corrected chi connectivity index (χ3v) is 10.0. The van der Waals surface area contributed by atoms with Gasteiger partial charge in [0.15, 0.2) is 8.32 Å². The van der Waals surface area contributed by atoms with Crippen LogP contribution in [-0.2, 0) is 4.79 Å². The van der Waals surface area contributed by atoms with Crippen LogP contribution in [0.2, 0.25) is 13.1 Å². The molecule has 6 heteroatoms. The first-order valence-electron chi connectivity index (χ1n) is 12.8. The summed E-state index contributed by atoms with van der Waals surface area (Å²) in [6.07, 6.45) is 13.2. The molecule has 5 nitrogen and oxygen atoms in total. The van der Waals surface area contributed by atoms with Crippen LogP contribution in [0, 0.1) is 29.6 Å². The zero-order valence-corrected chi connectivity index (χ0v) is 20.4. The van der Waals surface area contributed by atoms with Gasteiger partial charge in [-0.05, 0) is 101 Å². The van der Waals surface area contributed by atoms with E-state index in [1.54, 1.807) is 0 Å². The van der Waals surface area contributed by atoms with Crippen molar-refractivity contribution in [1.29, 1.82) is 0 Å². The Morgan fingerprint density at radius 3 is 2.37 bits per heavy atom. The molecule has 1 amide bonds. The summed E-state index contributed by atoms with van der Waals surface area (Å²) in [5, 5.41) is 0. The number of nitrogens with zero attached hydrogens (tertiary/aromatic N) is 2. The summed E-state index contributed by atoms with van der Waals surface area (Å²) >= 11 is 0. The molecule has 0 radical (unpaired) electrons. The third-order valence-electron chi connectivity index (χ3n) is 8.83. The van der Waals surface area contributed by atoms with Gasteiger partial charge in [-0.1, -0.05) is 12.8 Å². The zero-order valence-electron chi connectivity index (χ0n) is 19.4. The lowest BCUT2D eigenvalue weighted by atomic mass is 9.72. The van der Waals surface area contributed by atoms with E-state index in [9.17, 15) is 9.59 Å². The van der Waals surface area contributed by atoms with E-state index < -0.39 is 8.32 Å². The van der Waals surface area contributed by atoms with E-state index in [0.29, 0.717) is 11.9 Å². The minimum atomic E-state index is -2.09. The molecule has 4 fully saturated rings. The Morgan fingerprint density at radius 2 is 1.67 bits per heavy atom. The molecule has 5 atom stereocenters. The molecular formula is C24H45N3O2Si. The number of likely N-dealkylation sites (tertiary alicyclic amines) is 2. The number of carbonyl (C=O) groups is 1.